The van der Waals surface area contributed by atoms with Gasteiger partial charge in [-0.2, -0.15) is 0 Å². The fourth-order valence-electron chi connectivity index (χ4n) is 1.26. The van der Waals surface area contributed by atoms with Crippen LogP contribution in [0.2, 0.25) is 0 Å². The Morgan fingerprint density at radius 2 is 1.94 bits per heavy atom. The predicted molar refractivity (Wildman–Crippen MR) is 60.9 cm³/mol. The molecule has 0 aliphatic carbocycles. The molecule has 0 unspecified atom stereocenters. The van der Waals surface area contributed by atoms with Crippen molar-refractivity contribution in [1.82, 2.24) is 0 Å². The van der Waals surface area contributed by atoms with Gasteiger partial charge < -0.3 is 5.73 Å². The number of halogens is 2. The van der Waals surface area contributed by atoms with Gasteiger partial charge in [0.15, 0.2) is 11.6 Å². The van der Waals surface area contributed by atoms with E-state index in [2.05, 4.69) is 11.8 Å². The van der Waals surface area contributed by atoms with Crippen molar-refractivity contribution in [2.45, 2.75) is 26.2 Å². The first-order valence-corrected chi connectivity index (χ1v) is 5.30. The number of rotatable bonds is 3. The molecule has 86 valence electrons. The van der Waals surface area contributed by atoms with E-state index in [0.717, 1.165) is 12.8 Å². The van der Waals surface area contributed by atoms with E-state index < -0.39 is 11.6 Å². The molecule has 0 bridgehead atoms. The molecule has 0 aliphatic heterocycles. The molecule has 0 saturated heterocycles. The Morgan fingerprint density at radius 1 is 1.19 bits per heavy atom. The molecule has 1 aromatic carbocycles. The Balaban J connectivity index is 2.70. The number of nitrogens with two attached hydrogens (primary N) is 1. The van der Waals surface area contributed by atoms with Crippen molar-refractivity contribution >= 4 is 0 Å². The third-order valence-electron chi connectivity index (χ3n) is 2.25. The minimum atomic E-state index is -0.855. The van der Waals surface area contributed by atoms with Crippen LogP contribution in [0.5, 0.6) is 0 Å². The van der Waals surface area contributed by atoms with Crippen molar-refractivity contribution in [2.24, 2.45) is 5.73 Å². The standard InChI is InChI=1S/C13H15F2N/c1-10-7-8-11(13(15)12(10)14)6-4-2-3-5-9-16/h7-8H,2-3,5,9,16H2,1H3. The van der Waals surface area contributed by atoms with Gasteiger partial charge >= 0.3 is 0 Å². The van der Waals surface area contributed by atoms with Gasteiger partial charge in [0.2, 0.25) is 0 Å². The highest BCUT2D eigenvalue weighted by atomic mass is 19.2. The largest absolute Gasteiger partial charge is 0.330 e. The monoisotopic (exact) mass is 223 g/mol. The van der Waals surface area contributed by atoms with Crippen LogP contribution in [0.15, 0.2) is 12.1 Å². The van der Waals surface area contributed by atoms with Gasteiger partial charge in [-0.3, -0.25) is 0 Å². The molecule has 16 heavy (non-hydrogen) atoms. The van der Waals surface area contributed by atoms with E-state index >= 15 is 0 Å². The molecule has 0 fully saturated rings. The minimum absolute atomic E-state index is 0.121. The summed E-state index contributed by atoms with van der Waals surface area (Å²) in [5, 5.41) is 0. The average Bonchev–Trinajstić information content (AvgIpc) is 2.28. The zero-order valence-corrected chi connectivity index (χ0v) is 9.32. The summed E-state index contributed by atoms with van der Waals surface area (Å²) < 4.78 is 26.5. The first-order chi connectivity index (χ1) is 7.66. The second kappa shape index (κ2) is 6.24. The van der Waals surface area contributed by atoms with Gasteiger partial charge in [-0.25, -0.2) is 8.78 Å². The highest BCUT2D eigenvalue weighted by molar-refractivity contribution is 5.38. The van der Waals surface area contributed by atoms with Crippen LogP contribution in [0.1, 0.15) is 30.4 Å². The molecule has 2 N–H and O–H groups in total. The number of hydrogen-bond donors (Lipinski definition) is 1. The molecule has 0 heterocycles. The second-order valence-electron chi connectivity index (χ2n) is 3.61. The van der Waals surface area contributed by atoms with Crippen LogP contribution < -0.4 is 5.73 Å². The minimum Gasteiger partial charge on any atom is -0.330 e. The van der Waals surface area contributed by atoms with Crippen LogP contribution in [-0.2, 0) is 0 Å². The van der Waals surface area contributed by atoms with E-state index in [0.29, 0.717) is 18.5 Å². The van der Waals surface area contributed by atoms with Gasteiger partial charge in [-0.1, -0.05) is 17.9 Å². The maximum absolute atomic E-state index is 13.3. The van der Waals surface area contributed by atoms with Crippen LogP contribution in [0.4, 0.5) is 8.78 Å². The van der Waals surface area contributed by atoms with Crippen LogP contribution in [0.25, 0.3) is 0 Å². The van der Waals surface area contributed by atoms with E-state index in [1.807, 2.05) is 0 Å². The summed E-state index contributed by atoms with van der Waals surface area (Å²) in [6.45, 7) is 2.16. The van der Waals surface area contributed by atoms with Crippen molar-refractivity contribution in [3.63, 3.8) is 0 Å². The molecule has 1 aromatic rings. The van der Waals surface area contributed by atoms with Crippen LogP contribution in [-0.4, -0.2) is 6.54 Å². The fraction of sp³-hybridized carbons (Fsp3) is 0.385. The highest BCUT2D eigenvalue weighted by Gasteiger charge is 2.08. The smallest absolute Gasteiger partial charge is 0.174 e. The van der Waals surface area contributed by atoms with Crippen molar-refractivity contribution < 1.29 is 8.78 Å². The van der Waals surface area contributed by atoms with Gasteiger partial charge in [0.05, 0.1) is 5.56 Å². The van der Waals surface area contributed by atoms with E-state index in [1.165, 1.54) is 19.1 Å². The molecule has 1 rings (SSSR count). The van der Waals surface area contributed by atoms with E-state index in [9.17, 15) is 8.78 Å². The molecular weight excluding hydrogens is 208 g/mol. The Morgan fingerprint density at radius 3 is 2.62 bits per heavy atom. The topological polar surface area (TPSA) is 26.0 Å². The summed E-state index contributed by atoms with van der Waals surface area (Å²) in [4.78, 5) is 0. The van der Waals surface area contributed by atoms with Crippen molar-refractivity contribution in [3.05, 3.63) is 34.9 Å². The third kappa shape index (κ3) is 3.32. The van der Waals surface area contributed by atoms with Crippen molar-refractivity contribution in [3.8, 4) is 11.8 Å². The van der Waals surface area contributed by atoms with Crippen LogP contribution in [0, 0.1) is 30.4 Å². The quantitative estimate of drug-likeness (QED) is 0.619. The molecule has 0 aliphatic rings. The second-order valence-corrected chi connectivity index (χ2v) is 3.61. The van der Waals surface area contributed by atoms with Gasteiger partial charge in [0.1, 0.15) is 0 Å². The Hall–Kier alpha value is -1.40. The molecule has 0 saturated carbocycles. The summed E-state index contributed by atoms with van der Waals surface area (Å²) in [6, 6.07) is 3.03. The number of hydrogen-bond acceptors (Lipinski definition) is 1. The molecule has 0 radical (unpaired) electrons. The Kier molecular flexibility index (Phi) is 4.94. The van der Waals surface area contributed by atoms with Crippen molar-refractivity contribution in [2.75, 3.05) is 6.54 Å². The SMILES string of the molecule is Cc1ccc(C#CCCCCN)c(F)c1F. The molecular formula is C13H15F2N. The lowest BCUT2D eigenvalue weighted by molar-refractivity contribution is 0.501. The predicted octanol–water partition coefficient (Wildman–Crippen LogP) is 2.75. The van der Waals surface area contributed by atoms with Crippen LogP contribution >= 0.6 is 0 Å². The number of unbranched alkanes of at least 4 members (excludes halogenated alkanes) is 2. The molecule has 3 heteroatoms. The normalized spacial score (nSPS) is 9.75. The molecule has 0 aromatic heterocycles. The zero-order chi connectivity index (χ0) is 12.0. The molecule has 0 amide bonds. The summed E-state index contributed by atoms with van der Waals surface area (Å²) in [7, 11) is 0. The van der Waals surface area contributed by atoms with Gasteiger partial charge in [-0.05, 0) is 37.9 Å². The summed E-state index contributed by atoms with van der Waals surface area (Å²) in [5.74, 6) is 3.78. The van der Waals surface area contributed by atoms with E-state index in [-0.39, 0.29) is 5.56 Å². The van der Waals surface area contributed by atoms with E-state index in [4.69, 9.17) is 5.73 Å². The number of benzene rings is 1. The maximum Gasteiger partial charge on any atom is 0.174 e. The lowest BCUT2D eigenvalue weighted by Crippen LogP contribution is -1.97. The Bertz CT molecular complexity index is 416. The van der Waals surface area contributed by atoms with Crippen molar-refractivity contribution in [1.29, 1.82) is 0 Å². The third-order valence-corrected chi connectivity index (χ3v) is 2.25. The first-order valence-electron chi connectivity index (χ1n) is 5.30. The molecule has 1 nitrogen and oxygen atoms in total. The maximum atomic E-state index is 13.3. The lowest BCUT2D eigenvalue weighted by Gasteiger charge is -1.99. The van der Waals surface area contributed by atoms with Gasteiger partial charge in [0.25, 0.3) is 0 Å². The van der Waals surface area contributed by atoms with Gasteiger partial charge in [0, 0.05) is 6.42 Å². The van der Waals surface area contributed by atoms with E-state index in [1.54, 1.807) is 0 Å². The molecule has 0 spiro atoms. The lowest BCUT2D eigenvalue weighted by atomic mass is 10.1. The summed E-state index contributed by atoms with van der Waals surface area (Å²) in [5.41, 5.74) is 5.74. The fourth-order valence-corrected chi connectivity index (χ4v) is 1.26. The van der Waals surface area contributed by atoms with Crippen LogP contribution in [0.3, 0.4) is 0 Å². The summed E-state index contributed by atoms with van der Waals surface area (Å²) in [6.07, 6.45) is 2.45. The van der Waals surface area contributed by atoms with Gasteiger partial charge in [-0.15, -0.1) is 0 Å². The zero-order valence-electron chi connectivity index (χ0n) is 9.32. The molecule has 0 atom stereocenters. The number of aryl methyl sites for hydroxylation is 1. The summed E-state index contributed by atoms with van der Waals surface area (Å²) >= 11 is 0. The Labute approximate surface area is 94.7 Å². The highest BCUT2D eigenvalue weighted by Crippen LogP contribution is 2.14. The average molecular weight is 223 g/mol. The first kappa shape index (κ1) is 12.7.